The third kappa shape index (κ3) is 2.59. The van der Waals surface area contributed by atoms with Gasteiger partial charge in [-0.25, -0.2) is 15.0 Å². The van der Waals surface area contributed by atoms with Gasteiger partial charge in [-0.2, -0.15) is 5.10 Å². The molecule has 9 heteroatoms. The fourth-order valence-electron chi connectivity index (χ4n) is 3.42. The van der Waals surface area contributed by atoms with Crippen LogP contribution in [0, 0.1) is 6.92 Å². The maximum absolute atomic E-state index is 12.1. The second kappa shape index (κ2) is 6.13. The molecule has 29 heavy (non-hydrogen) atoms. The highest BCUT2D eigenvalue weighted by Gasteiger charge is 2.23. The minimum atomic E-state index is -0.656. The Labute approximate surface area is 164 Å². The fourth-order valence-corrected chi connectivity index (χ4v) is 3.42. The van der Waals surface area contributed by atoms with E-state index in [0.29, 0.717) is 39.5 Å². The molecular weight excluding hydrogens is 368 g/mol. The summed E-state index contributed by atoms with van der Waals surface area (Å²) in [5, 5.41) is 7.03. The molecule has 5 rings (SSSR count). The van der Waals surface area contributed by atoms with Gasteiger partial charge in [0.25, 0.3) is 5.91 Å². The van der Waals surface area contributed by atoms with Crippen LogP contribution < -0.4 is 11.5 Å². The number of nitrogen functional groups attached to an aromatic ring is 1. The number of amides is 1. The molecule has 5 aromatic rings. The number of primary amides is 1. The maximum Gasteiger partial charge on any atom is 0.254 e. The van der Waals surface area contributed by atoms with Gasteiger partial charge in [0.05, 0.1) is 11.0 Å². The zero-order valence-corrected chi connectivity index (χ0v) is 15.4. The van der Waals surface area contributed by atoms with E-state index in [2.05, 4.69) is 20.2 Å². The van der Waals surface area contributed by atoms with Crippen molar-refractivity contribution in [2.24, 2.45) is 5.73 Å². The molecule has 3 aromatic heterocycles. The van der Waals surface area contributed by atoms with Crippen LogP contribution in [0.4, 0.5) is 5.82 Å². The van der Waals surface area contributed by atoms with Gasteiger partial charge in [0.15, 0.2) is 11.5 Å². The van der Waals surface area contributed by atoms with E-state index in [1.54, 1.807) is 4.57 Å². The largest absolute Gasteiger partial charge is 0.384 e. The minimum absolute atomic E-state index is 0.150. The third-order valence-electron chi connectivity index (χ3n) is 4.70. The fraction of sp³-hybridized carbons (Fsp3) is 0.0500. The number of aromatic amines is 1. The van der Waals surface area contributed by atoms with Crippen LogP contribution in [0.1, 0.15) is 16.2 Å². The molecule has 0 radical (unpaired) electrons. The molecule has 0 aliphatic heterocycles. The normalized spacial score (nSPS) is 11.3. The molecule has 2 aromatic carbocycles. The number of aromatic nitrogens is 6. The Morgan fingerprint density at radius 3 is 2.48 bits per heavy atom. The number of hydrogen-bond donors (Lipinski definition) is 3. The Morgan fingerprint density at radius 1 is 1.03 bits per heavy atom. The van der Waals surface area contributed by atoms with Crippen molar-refractivity contribution in [2.75, 3.05) is 5.73 Å². The Kier molecular flexibility index (Phi) is 3.56. The van der Waals surface area contributed by atoms with Crippen molar-refractivity contribution in [3.05, 3.63) is 59.9 Å². The molecule has 9 nitrogen and oxygen atoms in total. The quantitative estimate of drug-likeness (QED) is 0.436. The zero-order valence-electron chi connectivity index (χ0n) is 15.4. The van der Waals surface area contributed by atoms with Crippen molar-refractivity contribution >= 4 is 33.9 Å². The van der Waals surface area contributed by atoms with E-state index in [-0.39, 0.29) is 11.4 Å². The van der Waals surface area contributed by atoms with Crippen LogP contribution in [-0.2, 0) is 0 Å². The molecule has 0 unspecified atom stereocenters. The average molecular weight is 384 g/mol. The van der Waals surface area contributed by atoms with Gasteiger partial charge in [-0.15, -0.1) is 0 Å². The first-order valence-electron chi connectivity index (χ1n) is 8.89. The van der Waals surface area contributed by atoms with Gasteiger partial charge >= 0.3 is 0 Å². The SMILES string of the molecule is Cc1nc(-c2cccc(-n3c(N)c(C(N)=O)c4nc5ccccc5nc43)c2)n[nH]1. The number of nitrogens with zero attached hydrogens (tertiary/aromatic N) is 5. The number of aryl methyl sites for hydroxylation is 1. The number of benzene rings is 2. The van der Waals surface area contributed by atoms with Crippen molar-refractivity contribution in [3.63, 3.8) is 0 Å². The van der Waals surface area contributed by atoms with Crippen LogP contribution in [0.25, 0.3) is 39.3 Å². The summed E-state index contributed by atoms with van der Waals surface area (Å²) in [5.41, 5.74) is 15.8. The lowest BCUT2D eigenvalue weighted by atomic mass is 10.2. The van der Waals surface area contributed by atoms with Gasteiger partial charge in [0.1, 0.15) is 22.7 Å². The molecule has 0 saturated heterocycles. The molecular formula is C20H16N8O. The number of fused-ring (bicyclic) bond motifs is 2. The molecule has 0 fully saturated rings. The molecule has 3 heterocycles. The summed E-state index contributed by atoms with van der Waals surface area (Å²) in [6.45, 7) is 1.83. The minimum Gasteiger partial charge on any atom is -0.384 e. The summed E-state index contributed by atoms with van der Waals surface area (Å²) < 4.78 is 1.68. The standard InChI is InChI=1S/C20H16N8O/c1-10-23-19(27-26-10)11-5-4-6-12(9-11)28-17(21)15(18(22)29)16-20(28)25-14-8-3-2-7-13(14)24-16/h2-9H,21H2,1H3,(H2,22,29)(H,23,26,27). The van der Waals surface area contributed by atoms with Crippen molar-refractivity contribution in [1.82, 2.24) is 29.7 Å². The summed E-state index contributed by atoms with van der Waals surface area (Å²) in [7, 11) is 0. The highest BCUT2D eigenvalue weighted by molar-refractivity contribution is 6.10. The topological polar surface area (TPSA) is 141 Å². The number of H-pyrrole nitrogens is 1. The highest BCUT2D eigenvalue weighted by Crippen LogP contribution is 2.31. The summed E-state index contributed by atoms with van der Waals surface area (Å²) in [5.74, 6) is 0.804. The number of nitrogens with one attached hydrogen (secondary N) is 1. The van der Waals surface area contributed by atoms with E-state index in [1.807, 2.05) is 55.5 Å². The Balaban J connectivity index is 1.82. The summed E-state index contributed by atoms with van der Waals surface area (Å²) >= 11 is 0. The van der Waals surface area contributed by atoms with Crippen LogP contribution in [0.15, 0.2) is 48.5 Å². The zero-order chi connectivity index (χ0) is 20.1. The lowest BCUT2D eigenvalue weighted by Crippen LogP contribution is -2.13. The van der Waals surface area contributed by atoms with Gasteiger partial charge in [-0.05, 0) is 31.2 Å². The van der Waals surface area contributed by atoms with Crippen LogP contribution >= 0.6 is 0 Å². The molecule has 0 bridgehead atoms. The number of para-hydroxylation sites is 2. The average Bonchev–Trinajstić information content (AvgIpc) is 3.26. The summed E-state index contributed by atoms with van der Waals surface area (Å²) in [6.07, 6.45) is 0. The second-order valence-corrected chi connectivity index (χ2v) is 6.64. The van der Waals surface area contributed by atoms with E-state index in [9.17, 15) is 4.79 Å². The number of carbonyl (C=O) groups is 1. The van der Waals surface area contributed by atoms with Gasteiger partial charge in [0, 0.05) is 11.3 Å². The first-order chi connectivity index (χ1) is 14.0. The number of hydrogen-bond acceptors (Lipinski definition) is 6. The summed E-state index contributed by atoms with van der Waals surface area (Å²) in [6, 6.07) is 14.9. The van der Waals surface area contributed by atoms with Gasteiger partial charge < -0.3 is 11.5 Å². The van der Waals surface area contributed by atoms with Crippen molar-refractivity contribution in [1.29, 1.82) is 0 Å². The van der Waals surface area contributed by atoms with E-state index >= 15 is 0 Å². The molecule has 5 N–H and O–H groups in total. The smallest absolute Gasteiger partial charge is 0.254 e. The summed E-state index contributed by atoms with van der Waals surface area (Å²) in [4.78, 5) is 25.8. The van der Waals surface area contributed by atoms with E-state index < -0.39 is 5.91 Å². The Hall–Kier alpha value is -4.27. The number of carbonyl (C=O) groups excluding carboxylic acids is 1. The van der Waals surface area contributed by atoms with Crippen LogP contribution in [-0.4, -0.2) is 35.6 Å². The lowest BCUT2D eigenvalue weighted by Gasteiger charge is -2.09. The van der Waals surface area contributed by atoms with Gasteiger partial charge in [-0.3, -0.25) is 14.5 Å². The maximum atomic E-state index is 12.1. The third-order valence-corrected chi connectivity index (χ3v) is 4.70. The Morgan fingerprint density at radius 2 is 1.79 bits per heavy atom. The van der Waals surface area contributed by atoms with Gasteiger partial charge in [-0.1, -0.05) is 24.3 Å². The van der Waals surface area contributed by atoms with Crippen LogP contribution in [0.5, 0.6) is 0 Å². The first kappa shape index (κ1) is 16.9. The molecule has 142 valence electrons. The molecule has 0 aliphatic rings. The predicted molar refractivity (Wildman–Crippen MR) is 109 cm³/mol. The van der Waals surface area contributed by atoms with Crippen LogP contribution in [0.3, 0.4) is 0 Å². The first-order valence-corrected chi connectivity index (χ1v) is 8.89. The predicted octanol–water partition coefficient (Wildman–Crippen LogP) is 2.35. The molecule has 0 saturated carbocycles. The molecule has 0 spiro atoms. The van der Waals surface area contributed by atoms with E-state index in [0.717, 1.165) is 5.56 Å². The highest BCUT2D eigenvalue weighted by atomic mass is 16.1. The monoisotopic (exact) mass is 384 g/mol. The molecule has 0 aliphatic carbocycles. The van der Waals surface area contributed by atoms with Crippen molar-refractivity contribution in [2.45, 2.75) is 6.92 Å². The van der Waals surface area contributed by atoms with E-state index in [1.165, 1.54) is 0 Å². The number of anilines is 1. The number of nitrogens with two attached hydrogens (primary N) is 2. The van der Waals surface area contributed by atoms with Crippen molar-refractivity contribution in [3.8, 4) is 17.1 Å². The Bertz CT molecular complexity index is 1420. The second-order valence-electron chi connectivity index (χ2n) is 6.64. The van der Waals surface area contributed by atoms with Crippen molar-refractivity contribution < 1.29 is 4.79 Å². The number of rotatable bonds is 3. The molecule has 1 amide bonds. The lowest BCUT2D eigenvalue weighted by molar-refractivity contribution is 0.100. The molecule has 0 atom stereocenters. The van der Waals surface area contributed by atoms with Crippen LogP contribution in [0.2, 0.25) is 0 Å². The van der Waals surface area contributed by atoms with E-state index in [4.69, 9.17) is 16.5 Å². The van der Waals surface area contributed by atoms with Gasteiger partial charge in [0.2, 0.25) is 0 Å².